The molecule has 10 amide bonds. The van der Waals surface area contributed by atoms with Crippen LogP contribution in [0.2, 0.25) is 5.02 Å². The van der Waals surface area contributed by atoms with Crippen molar-refractivity contribution in [3.05, 3.63) is 142 Å². The summed E-state index contributed by atoms with van der Waals surface area (Å²) in [5, 5.41) is 122. The molecule has 6 aromatic carbocycles. The van der Waals surface area contributed by atoms with Gasteiger partial charge in [0.05, 0.1) is 29.8 Å². The molecule has 7 aliphatic heterocycles. The number of benzene rings is 6. The lowest BCUT2D eigenvalue weighted by Gasteiger charge is -2.54. The maximum atomic E-state index is 16.4. The second-order valence-corrected chi connectivity index (χ2v) is 33.5. The van der Waals surface area contributed by atoms with Crippen molar-refractivity contribution < 1.29 is 116 Å². The highest BCUT2D eigenvalue weighted by Crippen LogP contribution is 2.55. The molecule has 0 aromatic heterocycles. The van der Waals surface area contributed by atoms with Crippen LogP contribution in [0.3, 0.4) is 0 Å². The molecule has 6 aromatic rings. The Morgan fingerprint density at radius 3 is 1.96 bits per heavy atom. The molecule has 7 heterocycles. The van der Waals surface area contributed by atoms with Crippen molar-refractivity contribution in [2.45, 2.75) is 156 Å². The number of halogens is 1. The van der Waals surface area contributed by atoms with Gasteiger partial charge in [-0.3, -0.25) is 43.7 Å². The van der Waals surface area contributed by atoms with Crippen molar-refractivity contribution in [3.8, 4) is 62.9 Å². The van der Waals surface area contributed by atoms with Crippen LogP contribution in [0.1, 0.15) is 129 Å². The van der Waals surface area contributed by atoms with Crippen LogP contribution in [-0.4, -0.2) is 190 Å². The van der Waals surface area contributed by atoms with Gasteiger partial charge in [-0.2, -0.15) is 0 Å². The van der Waals surface area contributed by atoms with Gasteiger partial charge in [-0.25, -0.2) is 17.9 Å². The average molecular weight is 1660 g/mol. The predicted octanol–water partition coefficient (Wildman–Crippen LogP) is 1.88. The summed E-state index contributed by atoms with van der Waals surface area (Å²) in [6, 6.07) is 2.71. The molecule has 21 N–H and O–H groups in total. The van der Waals surface area contributed by atoms with Crippen molar-refractivity contribution in [1.82, 2.24) is 52.6 Å². The molecule has 1 saturated heterocycles. The number of ether oxygens (including phenoxy) is 5. The fourth-order valence-electron chi connectivity index (χ4n) is 17.1. The van der Waals surface area contributed by atoms with E-state index in [0.29, 0.717) is 11.8 Å². The van der Waals surface area contributed by atoms with E-state index in [1.807, 2.05) is 0 Å². The monoisotopic (exact) mass is 1660 g/mol. The molecule has 0 spiro atoms. The van der Waals surface area contributed by atoms with E-state index in [2.05, 4.69) is 57.9 Å². The van der Waals surface area contributed by atoms with E-state index in [1.54, 1.807) is 13.8 Å². The van der Waals surface area contributed by atoms with Gasteiger partial charge in [0.1, 0.15) is 114 Å². The summed E-state index contributed by atoms with van der Waals surface area (Å²) in [6.45, 7) is 3.45. The van der Waals surface area contributed by atoms with E-state index in [0.717, 1.165) is 86.9 Å². The number of anilines is 1. The maximum absolute atomic E-state index is 16.4. The second-order valence-electron chi connectivity index (χ2n) is 31.3. The number of aliphatic hydroxyl groups excluding tert-OH is 5. The summed E-state index contributed by atoms with van der Waals surface area (Å²) in [5.41, 5.74) is 4.70. The van der Waals surface area contributed by atoms with Gasteiger partial charge in [0.2, 0.25) is 69.3 Å². The standard InChI is InChI=1S/C79H89ClN12O24S/c1-31(2)17-47(82-3)71(102)91-62-64(97)35-6-13-51-44(24-35)57(81)70-67(100)66(99)68(101)78(116-70)115-69-53(113-51)26-39-27-54(69)114-52-14-7-36(25-46(52)80)65(98)63-77(108)90-61(75(106)87-58-37-19-32-18-33(21-37)22-38(58)20-32)45-28-41(93)29-50(95)56(45)43-23-34(5-12-49(43)94)59(73(104)92-63)89-74(105)60(39)88-72(103)48(85-76(62)107)30-55(96)86-79(109)84-40-8-10-42(11-9-40)112-16-15-83-117(4,110)111/h5-14,23-29,31-33,37-38,47-48,57-68,70,78,82-83,93-95,97-101H,15-22,30,81H2,1-4H3,(H,85,107)(H,87,106)(H,88,103)(H,89,105)(H,90,108)(H,91,102)(H,92,104)(H2,84,86,96,109)/t32?,33?,37?,38?,47-,48+,57?,58?,59-,60-,61+,62-,63+,64-,65-,66+,67+,68-,70-,78-/m1/s1. The van der Waals surface area contributed by atoms with Crippen LogP contribution >= 0.6 is 11.6 Å². The molecule has 5 fully saturated rings. The number of amides is 10. The summed E-state index contributed by atoms with van der Waals surface area (Å²) in [4.78, 5) is 138. The summed E-state index contributed by atoms with van der Waals surface area (Å²) in [5.74, 6) is -13.2. The van der Waals surface area contributed by atoms with Gasteiger partial charge >= 0.3 is 6.03 Å². The zero-order valence-electron chi connectivity index (χ0n) is 63.3. The number of hydrogen-bond acceptors (Lipinski definition) is 26. The van der Waals surface area contributed by atoms with E-state index in [4.69, 9.17) is 41.0 Å². The molecule has 17 rings (SSSR count). The molecular formula is C79H89ClN12O24S. The Kier molecular flexibility index (Phi) is 23.7. The van der Waals surface area contributed by atoms with Gasteiger partial charge in [-0.15, -0.1) is 0 Å². The fraction of sp³-hybridized carbons (Fsp3) is 0.430. The van der Waals surface area contributed by atoms with Crippen LogP contribution in [0.25, 0.3) is 11.1 Å². The van der Waals surface area contributed by atoms with Gasteiger partial charge in [0.15, 0.2) is 11.5 Å². The van der Waals surface area contributed by atoms with E-state index < -0.39 is 201 Å². The van der Waals surface area contributed by atoms with Crippen molar-refractivity contribution in [1.29, 1.82) is 0 Å². The number of carbonyl (C=O) groups excluding carboxylic acids is 9. The molecule has 4 saturated carbocycles. The maximum Gasteiger partial charge on any atom is 0.325 e. The lowest BCUT2D eigenvalue weighted by atomic mass is 9.54. The number of carbonyl (C=O) groups is 9. The Morgan fingerprint density at radius 1 is 0.650 bits per heavy atom. The lowest BCUT2D eigenvalue weighted by Crippen LogP contribution is -2.61. The van der Waals surface area contributed by atoms with Gasteiger partial charge in [-0.1, -0.05) is 43.6 Å². The Balaban J connectivity index is 0.928. The molecule has 18 bridgehead atoms. The minimum atomic E-state index is -3.53. The Labute approximate surface area is 673 Å². The Bertz CT molecular complexity index is 5030. The number of likely N-dealkylation sites (N-methyl/N-ethyl adjacent to an activating group) is 1. The number of urea groups is 1. The molecule has 4 aliphatic carbocycles. The predicted molar refractivity (Wildman–Crippen MR) is 412 cm³/mol. The summed E-state index contributed by atoms with van der Waals surface area (Å²) in [7, 11) is -2.07. The number of nitrogens with one attached hydrogen (secondary N) is 11. The summed E-state index contributed by atoms with van der Waals surface area (Å²) >= 11 is 7.16. The molecule has 11 aliphatic rings. The molecule has 622 valence electrons. The SMILES string of the molecule is CN[C@H](CC(C)C)C(=O)N[C@H]1C(=O)N[C@@H](CC(=O)NC(=O)Nc2ccc(OCCNS(C)(=O)=O)cc2)C(=O)N[C@H]2C(=O)N[C@H]3C(=O)N[C@H](C(=O)N[C@H](C(=O)NC4C5CC6CC(C5)CC4C6)c4cc(O)cc(O)c4-c4cc3ccc4O)[C@H](O)c3ccc(c(Cl)c3)Oc3cc2cc2c3O[C@@H]3O[C@H](C(N)c4cc(ccc4O2)[C@H]1O)[C@@H](O)[C@H](O)[C@H]3O. The van der Waals surface area contributed by atoms with Crippen LogP contribution in [0.5, 0.6) is 51.7 Å². The first-order valence-electron chi connectivity index (χ1n) is 38.1. The van der Waals surface area contributed by atoms with Crippen LogP contribution in [-0.2, 0) is 53.1 Å². The zero-order chi connectivity index (χ0) is 83.5. The van der Waals surface area contributed by atoms with Gasteiger partial charge < -0.3 is 118 Å². The molecule has 15 atom stereocenters. The van der Waals surface area contributed by atoms with Crippen molar-refractivity contribution in [2.75, 3.05) is 31.8 Å². The fourth-order valence-corrected chi connectivity index (χ4v) is 17.8. The third-order valence-corrected chi connectivity index (χ3v) is 23.6. The van der Waals surface area contributed by atoms with Crippen molar-refractivity contribution in [3.63, 3.8) is 0 Å². The molecule has 38 heteroatoms. The number of sulfonamides is 1. The number of hydrogen-bond donors (Lipinski definition) is 20. The molecule has 0 radical (unpaired) electrons. The Morgan fingerprint density at radius 2 is 1.29 bits per heavy atom. The number of phenols is 3. The largest absolute Gasteiger partial charge is 0.508 e. The van der Waals surface area contributed by atoms with Crippen LogP contribution in [0, 0.1) is 29.6 Å². The minimum absolute atomic E-state index is 0.0655. The van der Waals surface area contributed by atoms with Crippen LogP contribution in [0.15, 0.2) is 103 Å². The van der Waals surface area contributed by atoms with E-state index >= 15 is 28.8 Å². The smallest absolute Gasteiger partial charge is 0.325 e. The second kappa shape index (κ2) is 33.6. The molecule has 36 nitrogen and oxygen atoms in total. The highest BCUT2D eigenvalue weighted by molar-refractivity contribution is 7.88. The molecule has 1 unspecified atom stereocenters. The highest BCUT2D eigenvalue weighted by Gasteiger charge is 2.52. The van der Waals surface area contributed by atoms with E-state index in [9.17, 15) is 63.7 Å². The van der Waals surface area contributed by atoms with Crippen LogP contribution in [0.4, 0.5) is 10.5 Å². The third kappa shape index (κ3) is 17.6. The third-order valence-electron chi connectivity index (χ3n) is 22.6. The number of nitrogens with two attached hydrogens (primary N) is 1. The van der Waals surface area contributed by atoms with Gasteiger partial charge in [0, 0.05) is 41.0 Å². The normalized spacial score (nSPS) is 28.7. The molecular weight excluding hydrogens is 1570 g/mol. The molecule has 117 heavy (non-hydrogen) atoms. The van der Waals surface area contributed by atoms with Crippen molar-refractivity contribution >= 4 is 80.6 Å². The van der Waals surface area contributed by atoms with E-state index in [1.165, 1.54) is 61.6 Å². The number of aromatic hydroxyl groups is 3. The first-order chi connectivity index (χ1) is 55.6. The lowest BCUT2D eigenvalue weighted by molar-refractivity contribution is -0.277. The first-order valence-corrected chi connectivity index (χ1v) is 40.3. The highest BCUT2D eigenvalue weighted by atomic mass is 35.5. The number of fused-ring (bicyclic) bond motifs is 16. The average Bonchev–Trinajstić information content (AvgIpc) is 0.760. The summed E-state index contributed by atoms with van der Waals surface area (Å²) in [6.07, 6.45) is -10.2. The number of aliphatic hydroxyl groups is 5. The quantitative estimate of drug-likeness (QED) is 0.0653. The Hall–Kier alpha value is -11.0. The number of imide groups is 1. The number of phenolic OH excluding ortho intramolecular Hbond substituents is 3. The van der Waals surface area contributed by atoms with Gasteiger partial charge in [0.25, 0.3) is 0 Å². The minimum Gasteiger partial charge on any atom is -0.508 e. The topological polar surface area (TPSA) is 554 Å². The van der Waals surface area contributed by atoms with Crippen LogP contribution < -0.4 is 82.6 Å². The van der Waals surface area contributed by atoms with Crippen molar-refractivity contribution in [2.24, 2.45) is 35.3 Å². The first kappa shape index (κ1) is 82.6. The van der Waals surface area contributed by atoms with Gasteiger partial charge in [-0.05, 0) is 182 Å². The van der Waals surface area contributed by atoms with E-state index in [-0.39, 0.29) is 110 Å². The zero-order valence-corrected chi connectivity index (χ0v) is 64.8. The summed E-state index contributed by atoms with van der Waals surface area (Å²) < 4.78 is 57.1. The number of rotatable bonds is 15.